The Labute approximate surface area is 98.2 Å². The van der Waals surface area contributed by atoms with Crippen LogP contribution in [0.1, 0.15) is 11.7 Å². The molecule has 0 aromatic heterocycles. The third-order valence-corrected chi connectivity index (χ3v) is 4.04. The van der Waals surface area contributed by atoms with Crippen LogP contribution in [0.5, 0.6) is 0 Å². The van der Waals surface area contributed by atoms with E-state index in [1.807, 2.05) is 30.3 Å². The number of carbonyl (C=O) groups excluding carboxylic acids is 1. The van der Waals surface area contributed by atoms with Crippen LogP contribution < -0.4 is 0 Å². The highest BCUT2D eigenvalue weighted by molar-refractivity contribution is 9.14. The van der Waals surface area contributed by atoms with Crippen LogP contribution in [-0.4, -0.2) is 5.97 Å². The van der Waals surface area contributed by atoms with Gasteiger partial charge < -0.3 is 4.74 Å². The summed E-state index contributed by atoms with van der Waals surface area (Å²) < 4.78 is 6.37. The Morgan fingerprint density at radius 1 is 1.14 bits per heavy atom. The lowest BCUT2D eigenvalue weighted by Gasteiger charge is -2.09. The summed E-state index contributed by atoms with van der Waals surface area (Å²) in [5, 5.41) is 0. The second kappa shape index (κ2) is 3.87. The van der Waals surface area contributed by atoms with Crippen molar-refractivity contribution in [2.24, 2.45) is 0 Å². The van der Waals surface area contributed by atoms with Crippen molar-refractivity contribution < 1.29 is 9.53 Å². The molecule has 0 bridgehead atoms. The van der Waals surface area contributed by atoms with Gasteiger partial charge in [-0.1, -0.05) is 30.3 Å². The highest BCUT2D eigenvalue weighted by Crippen LogP contribution is 2.40. The van der Waals surface area contributed by atoms with Crippen molar-refractivity contribution in [3.8, 4) is 0 Å². The molecule has 2 nitrogen and oxygen atoms in total. The zero-order chi connectivity index (χ0) is 10.1. The Bertz CT molecular complexity index is 398. The number of carbonyl (C=O) groups is 1. The number of hydrogen-bond donors (Lipinski definition) is 0. The molecule has 0 saturated carbocycles. The third kappa shape index (κ3) is 1.64. The number of benzene rings is 1. The largest absolute Gasteiger partial charge is 0.448 e. The van der Waals surface area contributed by atoms with Crippen molar-refractivity contribution in [3.63, 3.8) is 0 Å². The first-order chi connectivity index (χ1) is 6.70. The summed E-state index contributed by atoms with van der Waals surface area (Å²) in [6.07, 6.45) is -0.307. The molecule has 1 aliphatic rings. The van der Waals surface area contributed by atoms with Crippen molar-refractivity contribution in [2.45, 2.75) is 6.10 Å². The van der Waals surface area contributed by atoms with E-state index in [9.17, 15) is 4.79 Å². The van der Waals surface area contributed by atoms with Crippen LogP contribution in [0, 0.1) is 0 Å². The van der Waals surface area contributed by atoms with Crippen LogP contribution in [0.15, 0.2) is 39.3 Å². The van der Waals surface area contributed by atoms with Gasteiger partial charge >= 0.3 is 5.97 Å². The normalized spacial score (nSPS) is 21.3. The molecule has 2 rings (SSSR count). The van der Waals surface area contributed by atoms with Crippen LogP contribution in [-0.2, 0) is 9.53 Å². The minimum atomic E-state index is -0.328. The summed E-state index contributed by atoms with van der Waals surface area (Å²) in [5.74, 6) is -0.328. The second-order valence-electron chi connectivity index (χ2n) is 2.86. The fourth-order valence-electron chi connectivity index (χ4n) is 1.27. The van der Waals surface area contributed by atoms with Crippen LogP contribution >= 0.6 is 31.9 Å². The van der Waals surface area contributed by atoms with Gasteiger partial charge in [-0.2, -0.15) is 0 Å². The lowest BCUT2D eigenvalue weighted by atomic mass is 10.1. The van der Waals surface area contributed by atoms with Crippen LogP contribution in [0.4, 0.5) is 0 Å². The smallest absolute Gasteiger partial charge is 0.347 e. The molecule has 1 atom stereocenters. The molecule has 1 heterocycles. The number of halogens is 2. The average molecular weight is 318 g/mol. The first kappa shape index (κ1) is 9.93. The SMILES string of the molecule is O=C1O[C@@H](c2ccccc2)C(Br)=C1Br. The van der Waals surface area contributed by atoms with Crippen molar-refractivity contribution >= 4 is 37.8 Å². The molecule has 1 aromatic carbocycles. The van der Waals surface area contributed by atoms with Crippen LogP contribution in [0.2, 0.25) is 0 Å². The Morgan fingerprint density at radius 3 is 2.29 bits per heavy atom. The lowest BCUT2D eigenvalue weighted by molar-refractivity contribution is -0.139. The molecule has 0 N–H and O–H groups in total. The Hall–Kier alpha value is -0.610. The number of cyclic esters (lactones) is 1. The lowest BCUT2D eigenvalue weighted by Crippen LogP contribution is -2.01. The monoisotopic (exact) mass is 316 g/mol. The van der Waals surface area contributed by atoms with Crippen LogP contribution in [0.25, 0.3) is 0 Å². The van der Waals surface area contributed by atoms with Crippen molar-refractivity contribution in [2.75, 3.05) is 0 Å². The predicted octanol–water partition coefficient (Wildman–Crippen LogP) is 3.29. The fourth-order valence-corrected chi connectivity index (χ4v) is 2.09. The third-order valence-electron chi connectivity index (χ3n) is 1.95. The molecular formula is C10H6Br2O2. The molecular weight excluding hydrogens is 312 g/mol. The van der Waals surface area contributed by atoms with Crippen LogP contribution in [0.3, 0.4) is 0 Å². The molecule has 0 fully saturated rings. The molecule has 0 spiro atoms. The van der Waals surface area contributed by atoms with Gasteiger partial charge in [0.2, 0.25) is 0 Å². The summed E-state index contributed by atoms with van der Waals surface area (Å²) in [6.45, 7) is 0. The van der Waals surface area contributed by atoms with E-state index < -0.39 is 0 Å². The Morgan fingerprint density at radius 2 is 1.79 bits per heavy atom. The summed E-state index contributed by atoms with van der Waals surface area (Å²) in [4.78, 5) is 11.2. The number of rotatable bonds is 1. The summed E-state index contributed by atoms with van der Waals surface area (Å²) in [7, 11) is 0. The van der Waals surface area contributed by atoms with Gasteiger partial charge in [0.15, 0.2) is 6.10 Å². The summed E-state index contributed by atoms with van der Waals surface area (Å²) in [6, 6.07) is 9.59. The molecule has 14 heavy (non-hydrogen) atoms. The Balaban J connectivity index is 2.36. The maximum absolute atomic E-state index is 11.2. The molecule has 4 heteroatoms. The van der Waals surface area contributed by atoms with Crippen molar-refractivity contribution in [1.29, 1.82) is 0 Å². The minimum absolute atomic E-state index is 0.307. The standard InChI is InChI=1S/C10H6Br2O2/c11-7-8(12)10(13)14-9(7)6-4-2-1-3-5-6/h1-5,9H/t9-/m0/s1. The quantitative estimate of drug-likeness (QED) is 0.743. The highest BCUT2D eigenvalue weighted by atomic mass is 79.9. The second-order valence-corrected chi connectivity index (χ2v) is 4.51. The molecule has 72 valence electrons. The molecule has 0 amide bonds. The van der Waals surface area contributed by atoms with Gasteiger partial charge in [-0.05, 0) is 37.4 Å². The molecule has 0 unspecified atom stereocenters. The molecule has 1 aromatic rings. The minimum Gasteiger partial charge on any atom is -0.448 e. The van der Waals surface area contributed by atoms with E-state index in [-0.39, 0.29) is 12.1 Å². The van der Waals surface area contributed by atoms with Gasteiger partial charge in [-0.25, -0.2) is 4.79 Å². The number of esters is 1. The van der Waals surface area contributed by atoms with E-state index >= 15 is 0 Å². The zero-order valence-electron chi connectivity index (χ0n) is 7.04. The van der Waals surface area contributed by atoms with Gasteiger partial charge in [-0.15, -0.1) is 0 Å². The van der Waals surface area contributed by atoms with Gasteiger partial charge in [-0.3, -0.25) is 0 Å². The zero-order valence-corrected chi connectivity index (χ0v) is 10.2. The molecule has 0 radical (unpaired) electrons. The van der Waals surface area contributed by atoms with Crippen molar-refractivity contribution in [3.05, 3.63) is 44.9 Å². The van der Waals surface area contributed by atoms with E-state index in [4.69, 9.17) is 4.74 Å². The average Bonchev–Trinajstić information content (AvgIpc) is 2.47. The van der Waals surface area contributed by atoms with E-state index in [1.54, 1.807) is 0 Å². The number of ether oxygens (including phenoxy) is 1. The van der Waals surface area contributed by atoms with Gasteiger partial charge in [0, 0.05) is 0 Å². The maximum atomic E-state index is 11.2. The molecule has 1 aliphatic heterocycles. The van der Waals surface area contributed by atoms with Gasteiger partial charge in [0.1, 0.15) is 4.48 Å². The maximum Gasteiger partial charge on any atom is 0.347 e. The molecule has 0 saturated heterocycles. The van der Waals surface area contributed by atoms with E-state index in [0.717, 1.165) is 10.0 Å². The van der Waals surface area contributed by atoms with E-state index in [1.165, 1.54) is 0 Å². The summed E-state index contributed by atoms with van der Waals surface area (Å²) >= 11 is 6.50. The predicted molar refractivity (Wildman–Crippen MR) is 60.2 cm³/mol. The summed E-state index contributed by atoms with van der Waals surface area (Å²) in [5.41, 5.74) is 0.960. The first-order valence-electron chi connectivity index (χ1n) is 4.01. The number of hydrogen-bond acceptors (Lipinski definition) is 2. The van der Waals surface area contributed by atoms with Crippen molar-refractivity contribution in [1.82, 2.24) is 0 Å². The van der Waals surface area contributed by atoms with E-state index in [2.05, 4.69) is 31.9 Å². The first-order valence-corrected chi connectivity index (χ1v) is 5.60. The fraction of sp³-hybridized carbons (Fsp3) is 0.100. The van der Waals surface area contributed by atoms with Gasteiger partial charge in [0.25, 0.3) is 0 Å². The Kier molecular flexibility index (Phi) is 2.74. The molecule has 0 aliphatic carbocycles. The topological polar surface area (TPSA) is 26.3 Å². The van der Waals surface area contributed by atoms with E-state index in [0.29, 0.717) is 4.48 Å². The van der Waals surface area contributed by atoms with Gasteiger partial charge in [0.05, 0.1) is 4.48 Å². The highest BCUT2D eigenvalue weighted by Gasteiger charge is 2.32.